The third-order valence-corrected chi connectivity index (χ3v) is 6.11. The summed E-state index contributed by atoms with van der Waals surface area (Å²) >= 11 is 0. The molecule has 36 heavy (non-hydrogen) atoms. The molecule has 4 heterocycles. The van der Waals surface area contributed by atoms with Crippen molar-refractivity contribution in [3.05, 3.63) is 66.3 Å². The van der Waals surface area contributed by atoms with Gasteiger partial charge in [0, 0.05) is 35.6 Å². The number of rotatable bonds is 4. The van der Waals surface area contributed by atoms with E-state index in [4.69, 9.17) is 14.2 Å². The maximum absolute atomic E-state index is 14.6. The Morgan fingerprint density at radius 1 is 1.08 bits per heavy atom. The Balaban J connectivity index is 1.39. The van der Waals surface area contributed by atoms with E-state index in [2.05, 4.69) is 25.2 Å². The van der Waals surface area contributed by atoms with Gasteiger partial charge in [0.1, 0.15) is 18.1 Å². The van der Waals surface area contributed by atoms with Gasteiger partial charge in [0.25, 0.3) is 0 Å². The molecule has 0 amide bonds. The van der Waals surface area contributed by atoms with Gasteiger partial charge in [0.15, 0.2) is 5.82 Å². The first-order valence-electron chi connectivity index (χ1n) is 12.3. The highest BCUT2D eigenvalue weighted by Gasteiger charge is 2.14. The van der Waals surface area contributed by atoms with E-state index in [-0.39, 0.29) is 11.6 Å². The van der Waals surface area contributed by atoms with E-state index < -0.39 is 5.82 Å². The third-order valence-electron chi connectivity index (χ3n) is 6.11. The minimum Gasteiger partial charge on any atom is -0.492 e. The van der Waals surface area contributed by atoms with Gasteiger partial charge in [-0.3, -0.25) is 4.90 Å². The van der Waals surface area contributed by atoms with Crippen molar-refractivity contribution in [2.24, 2.45) is 0 Å². The molecule has 6 bridgehead atoms. The predicted octanol–water partition coefficient (Wildman–Crippen LogP) is 4.75. The predicted molar refractivity (Wildman–Crippen MR) is 135 cm³/mol. The molecule has 0 unspecified atom stereocenters. The van der Waals surface area contributed by atoms with Crippen molar-refractivity contribution in [2.45, 2.75) is 25.9 Å². The van der Waals surface area contributed by atoms with Crippen LogP contribution in [0.1, 0.15) is 24.8 Å². The van der Waals surface area contributed by atoms with Crippen molar-refractivity contribution in [3.8, 4) is 22.9 Å². The molecule has 1 saturated heterocycles. The van der Waals surface area contributed by atoms with Crippen LogP contribution < -0.4 is 14.8 Å². The first kappa shape index (κ1) is 24.1. The molecule has 3 aromatic rings. The fourth-order valence-corrected chi connectivity index (χ4v) is 4.25. The second-order valence-electron chi connectivity index (χ2n) is 8.74. The molecule has 2 aromatic heterocycles. The highest BCUT2D eigenvalue weighted by molar-refractivity contribution is 5.64. The molecule has 9 heteroatoms. The van der Waals surface area contributed by atoms with Crippen molar-refractivity contribution in [2.75, 3.05) is 44.8 Å². The van der Waals surface area contributed by atoms with Crippen molar-refractivity contribution >= 4 is 11.6 Å². The molecule has 1 N–H and O–H groups in total. The van der Waals surface area contributed by atoms with Gasteiger partial charge in [0.2, 0.25) is 11.8 Å². The fourth-order valence-electron chi connectivity index (χ4n) is 4.25. The maximum atomic E-state index is 14.6. The molecular formula is C27H30FN5O3. The number of anilines is 2. The van der Waals surface area contributed by atoms with Gasteiger partial charge in [-0.15, -0.1) is 0 Å². The Bertz CT molecular complexity index is 1200. The SMILES string of the molecule is Fc1cnc2nc1-c1ccnc(c1)OCC/C=C/COCc1cc(ccc1OCCN1CCCC1)N2. The van der Waals surface area contributed by atoms with E-state index in [1.807, 2.05) is 30.4 Å². The van der Waals surface area contributed by atoms with Crippen LogP contribution in [0.25, 0.3) is 11.3 Å². The average molecular weight is 492 g/mol. The second kappa shape index (κ2) is 11.9. The van der Waals surface area contributed by atoms with E-state index in [9.17, 15) is 4.39 Å². The summed E-state index contributed by atoms with van der Waals surface area (Å²) in [5.74, 6) is 0.961. The van der Waals surface area contributed by atoms with Gasteiger partial charge >= 0.3 is 0 Å². The zero-order valence-corrected chi connectivity index (χ0v) is 20.2. The summed E-state index contributed by atoms with van der Waals surface area (Å²) in [4.78, 5) is 15.2. The Kier molecular flexibility index (Phi) is 7.99. The van der Waals surface area contributed by atoms with Gasteiger partial charge in [-0.1, -0.05) is 12.2 Å². The van der Waals surface area contributed by atoms with Crippen LogP contribution in [-0.2, 0) is 11.3 Å². The quantitative estimate of drug-likeness (QED) is 0.524. The Labute approximate surface area is 210 Å². The second-order valence-corrected chi connectivity index (χ2v) is 8.74. The number of nitrogens with one attached hydrogen (secondary N) is 1. The lowest BCUT2D eigenvalue weighted by Crippen LogP contribution is -2.25. The topological polar surface area (TPSA) is 81.6 Å². The van der Waals surface area contributed by atoms with Crippen LogP contribution in [0.3, 0.4) is 0 Å². The monoisotopic (exact) mass is 491 g/mol. The number of hydrogen-bond donors (Lipinski definition) is 1. The van der Waals surface area contributed by atoms with Gasteiger partial charge in [-0.05, 0) is 56.6 Å². The van der Waals surface area contributed by atoms with Crippen LogP contribution in [0, 0.1) is 5.82 Å². The molecule has 1 aromatic carbocycles. The Morgan fingerprint density at radius 2 is 2.00 bits per heavy atom. The molecule has 0 atom stereocenters. The van der Waals surface area contributed by atoms with Gasteiger partial charge < -0.3 is 19.5 Å². The third kappa shape index (κ3) is 6.35. The summed E-state index contributed by atoms with van der Waals surface area (Å²) in [6, 6.07) is 9.16. The minimum absolute atomic E-state index is 0.172. The summed E-state index contributed by atoms with van der Waals surface area (Å²) < 4.78 is 32.4. The Morgan fingerprint density at radius 3 is 2.92 bits per heavy atom. The smallest absolute Gasteiger partial charge is 0.227 e. The van der Waals surface area contributed by atoms with E-state index in [0.717, 1.165) is 42.8 Å². The van der Waals surface area contributed by atoms with Crippen LogP contribution in [-0.4, -0.2) is 59.3 Å². The number of ether oxygens (including phenoxy) is 3. The number of nitrogens with zero attached hydrogens (tertiary/aromatic N) is 4. The molecule has 0 radical (unpaired) electrons. The number of likely N-dealkylation sites (tertiary alicyclic amines) is 1. The van der Waals surface area contributed by atoms with Gasteiger partial charge in [-0.2, -0.15) is 0 Å². The molecule has 8 nitrogen and oxygen atoms in total. The lowest BCUT2D eigenvalue weighted by Gasteiger charge is -2.17. The van der Waals surface area contributed by atoms with Gasteiger partial charge in [0.05, 0.1) is 26.0 Å². The van der Waals surface area contributed by atoms with Crippen LogP contribution in [0.4, 0.5) is 16.0 Å². The highest BCUT2D eigenvalue weighted by Crippen LogP contribution is 2.28. The van der Waals surface area contributed by atoms with E-state index in [1.165, 1.54) is 12.8 Å². The molecule has 5 rings (SSSR count). The minimum atomic E-state index is -0.522. The summed E-state index contributed by atoms with van der Waals surface area (Å²) in [5.41, 5.74) is 2.41. The first-order valence-corrected chi connectivity index (χ1v) is 12.3. The normalized spacial score (nSPS) is 17.4. The zero-order valence-electron chi connectivity index (χ0n) is 20.2. The molecule has 2 aliphatic rings. The Hall–Kier alpha value is -3.56. The van der Waals surface area contributed by atoms with Crippen molar-refractivity contribution in [3.63, 3.8) is 0 Å². The van der Waals surface area contributed by atoms with Crippen LogP contribution >= 0.6 is 0 Å². The standard InChI is InChI=1S/C27H30FN5O3/c28-23-18-30-27-31-22-6-7-24(35-15-12-33-10-2-3-11-33)21(16-22)19-34-13-4-1-5-14-36-25-17-20(8-9-29-25)26(23)32-27/h1,4,6-9,16-18H,2-3,5,10-15,19H2,(H,30,31,32)/b4-1+. The average Bonchev–Trinajstić information content (AvgIpc) is 3.41. The fraction of sp³-hybridized carbons (Fsp3) is 0.370. The van der Waals surface area contributed by atoms with Crippen molar-refractivity contribution in [1.29, 1.82) is 0 Å². The zero-order chi connectivity index (χ0) is 24.6. The van der Waals surface area contributed by atoms with Gasteiger partial charge in [-0.25, -0.2) is 19.3 Å². The van der Waals surface area contributed by atoms with E-state index >= 15 is 0 Å². The molecule has 188 valence electrons. The summed E-state index contributed by atoms with van der Waals surface area (Å²) in [6.45, 7) is 5.12. The number of fused-ring (bicyclic) bond motifs is 7. The van der Waals surface area contributed by atoms with Crippen LogP contribution in [0.5, 0.6) is 11.6 Å². The largest absolute Gasteiger partial charge is 0.492 e. The molecular weight excluding hydrogens is 461 g/mol. The first-order chi connectivity index (χ1) is 17.7. The highest BCUT2D eigenvalue weighted by atomic mass is 19.1. The maximum Gasteiger partial charge on any atom is 0.227 e. The van der Waals surface area contributed by atoms with Crippen molar-refractivity contribution < 1.29 is 18.6 Å². The molecule has 0 aliphatic carbocycles. The number of pyridine rings is 1. The lowest BCUT2D eigenvalue weighted by atomic mass is 10.1. The van der Waals surface area contributed by atoms with Crippen molar-refractivity contribution in [1.82, 2.24) is 19.9 Å². The number of benzene rings is 1. The molecule has 0 saturated carbocycles. The lowest BCUT2D eigenvalue weighted by molar-refractivity contribution is 0.144. The van der Waals surface area contributed by atoms with E-state index in [1.54, 1.807) is 18.3 Å². The number of aromatic nitrogens is 3. The number of halogens is 1. The van der Waals surface area contributed by atoms with Crippen LogP contribution in [0.2, 0.25) is 0 Å². The molecule has 0 spiro atoms. The summed E-state index contributed by atoms with van der Waals surface area (Å²) in [5, 5.41) is 3.18. The molecule has 1 fully saturated rings. The molecule has 2 aliphatic heterocycles. The summed E-state index contributed by atoms with van der Waals surface area (Å²) in [6.07, 6.45) is 9.94. The number of hydrogen-bond acceptors (Lipinski definition) is 8. The van der Waals surface area contributed by atoms with E-state index in [0.29, 0.717) is 44.3 Å². The summed E-state index contributed by atoms with van der Waals surface area (Å²) in [7, 11) is 0. The van der Waals surface area contributed by atoms with Crippen LogP contribution in [0.15, 0.2) is 54.9 Å².